The first-order chi connectivity index (χ1) is 50.6. The second-order valence-corrected chi connectivity index (χ2v) is 26.5. The van der Waals surface area contributed by atoms with E-state index in [1.54, 1.807) is 0 Å². The molecule has 30 saturated heterocycles. The predicted molar refractivity (Wildman–Crippen MR) is 325 cm³/mol. The number of aliphatic hydroxyl groups excluding tert-OH is 22. The molecule has 46 heteroatoms. The Balaban J connectivity index is 0.00000673. The van der Waals surface area contributed by atoms with E-state index in [2.05, 4.69) is 10.6 Å². The molecule has 0 unspecified atom stereocenters. The Bertz CT molecular complexity index is 3100. The van der Waals surface area contributed by atoms with Gasteiger partial charge in [0.1, 0.15) is 195 Å². The second-order valence-electron chi connectivity index (χ2n) is 26.5. The van der Waals surface area contributed by atoms with Gasteiger partial charge in [-0.15, -0.1) is 0 Å². The number of carboxylic acid groups (broad SMARTS) is 2. The van der Waals surface area contributed by atoms with E-state index in [4.69, 9.17) is 75.8 Å². The summed E-state index contributed by atoms with van der Waals surface area (Å²) in [5.41, 5.74) is -1.14. The molecule has 32 rings (SSSR count). The minimum atomic E-state index is -2.38. The summed E-state index contributed by atoms with van der Waals surface area (Å²) in [5, 5.41) is 281. The number of carboxylic acids is 2. The summed E-state index contributed by atoms with van der Waals surface area (Å²) >= 11 is 0. The van der Waals surface area contributed by atoms with Crippen molar-refractivity contribution in [1.82, 2.24) is 0 Å². The number of ether oxygens (including phenoxy) is 16. The van der Waals surface area contributed by atoms with Crippen LogP contribution in [0.2, 0.25) is 0 Å². The van der Waals surface area contributed by atoms with Crippen LogP contribution in [0.1, 0.15) is 20.7 Å². The van der Waals surface area contributed by atoms with Crippen molar-refractivity contribution in [2.24, 2.45) is 0 Å². The molecule has 30 aliphatic heterocycles. The summed E-state index contributed by atoms with van der Waals surface area (Å²) in [5.74, 6) is -3.36. The van der Waals surface area contributed by atoms with Crippen molar-refractivity contribution in [1.29, 1.82) is 0 Å². The van der Waals surface area contributed by atoms with Crippen LogP contribution < -0.4 is 80.0 Å². The first-order valence-electron chi connectivity index (χ1n) is 33.7. The van der Waals surface area contributed by atoms with Gasteiger partial charge in [-0.1, -0.05) is 36.4 Å². The van der Waals surface area contributed by atoms with Gasteiger partial charge in [0.2, 0.25) is 0 Å². The molecule has 2 aromatic carbocycles. The Hall–Kier alpha value is -2.54. The first kappa shape index (κ1) is 89.4. The number of aliphatic hydroxyl groups is 22. The molecule has 0 amide bonds. The monoisotopic (exact) mass is 1580 g/mol. The first-order valence-corrected chi connectivity index (χ1v) is 33.7. The van der Waals surface area contributed by atoms with Crippen LogP contribution in [0, 0.1) is 0 Å². The SMILES string of the molecule is O=C([O-])c1ccccc1NC[C@@H]1O[C@@H]2O[C@H]3[C@H](O)[C@@H](O)[C@@H](O[C@H]4[C@@H](O)[C@@H](O)[C@@H](O[C@H]5[C@@H](O)[C@H](O)[C@@H](O[C@H]6[C@H](O)[C@@H](O)[C@@H](O[C@H]7[C@H](O)[C@@H](O)[C@@H](O[C@H]8[C@H](O)[C@@H](O)[C@@H](O[C@H]9[C@H](O)[C@@H](O)[C@@H](O[C@H]1[C@H](O)[C@H]2O)O[C@H]9CO)O[C@@H]8CO)O[C@@H]7CO)O[C@@H]6CO)O[C@@H]5CO)O[C@@H]4CO)O[C@@H]3CNc1ccccc1C(=O)[O-].[Na+].[Na+]. The number of nitrogens with one attached hydrogen (secondary N) is 2. The normalized spacial score (nSPS) is 46.9. The molecule has 0 aliphatic carbocycles. The molecular weight excluding hydrogens is 1490 g/mol. The predicted octanol–water partition coefficient (Wildman–Crippen LogP) is -22.4. The third kappa shape index (κ3) is 18.6. The van der Waals surface area contributed by atoms with E-state index in [-0.39, 0.29) is 70.5 Å². The number of hydrogen-bond acceptors (Lipinski definition) is 44. The van der Waals surface area contributed by atoms with Crippen molar-refractivity contribution in [3.05, 3.63) is 59.7 Å². The van der Waals surface area contributed by atoms with Gasteiger partial charge in [0, 0.05) is 35.6 Å². The number of hydrogen-bond donors (Lipinski definition) is 24. The van der Waals surface area contributed by atoms with E-state index in [0.717, 1.165) is 12.1 Å². The van der Waals surface area contributed by atoms with Crippen molar-refractivity contribution in [2.45, 2.75) is 246 Å². The smallest absolute Gasteiger partial charge is 0.545 e. The van der Waals surface area contributed by atoms with Crippen LogP contribution in [0.4, 0.5) is 11.4 Å². The molecule has 40 atom stereocenters. The molecular formula is C62H88N2Na2O42. The summed E-state index contributed by atoms with van der Waals surface area (Å²) < 4.78 is 94.0. The van der Waals surface area contributed by atoms with Gasteiger partial charge in [0.15, 0.2) is 50.3 Å². The maximum Gasteiger partial charge on any atom is 1.00 e. The van der Waals surface area contributed by atoms with Crippen molar-refractivity contribution in [3.63, 3.8) is 0 Å². The van der Waals surface area contributed by atoms with Crippen molar-refractivity contribution in [3.8, 4) is 0 Å². The third-order valence-corrected chi connectivity index (χ3v) is 19.8. The summed E-state index contributed by atoms with van der Waals surface area (Å²) in [6.45, 7) is -8.09. The van der Waals surface area contributed by atoms with Crippen molar-refractivity contribution >= 4 is 23.3 Å². The maximum atomic E-state index is 12.3. The minimum absolute atomic E-state index is 0. The fraction of sp³-hybridized carbons (Fsp3) is 0.774. The number of carbonyl (C=O) groups is 2. The fourth-order valence-corrected chi connectivity index (χ4v) is 14.0. The third-order valence-electron chi connectivity index (χ3n) is 19.8. The van der Waals surface area contributed by atoms with Crippen LogP contribution >= 0.6 is 0 Å². The molecule has 0 aromatic heterocycles. The molecule has 0 spiro atoms. The van der Waals surface area contributed by atoms with Gasteiger partial charge in [-0.3, -0.25) is 0 Å². The van der Waals surface area contributed by atoms with Gasteiger partial charge < -0.3 is 219 Å². The zero-order valence-electron chi connectivity index (χ0n) is 57.4. The molecule has 44 nitrogen and oxygen atoms in total. The van der Waals surface area contributed by atoms with Crippen LogP contribution in [0.25, 0.3) is 0 Å². The van der Waals surface area contributed by atoms with E-state index in [1.165, 1.54) is 36.4 Å². The maximum absolute atomic E-state index is 12.3. The number of rotatable bonds is 14. The van der Waals surface area contributed by atoms with Gasteiger partial charge in [0.25, 0.3) is 0 Å². The van der Waals surface area contributed by atoms with Crippen LogP contribution in [-0.4, -0.2) is 423 Å². The minimum Gasteiger partial charge on any atom is -0.545 e. The second kappa shape index (κ2) is 38.9. The molecule has 30 fully saturated rings. The average molecular weight is 1580 g/mol. The summed E-state index contributed by atoms with van der Waals surface area (Å²) in [7, 11) is 0. The molecule has 30 heterocycles. The van der Waals surface area contributed by atoms with Gasteiger partial charge in [0.05, 0.1) is 51.6 Å². The molecule has 24 N–H and O–H groups in total. The van der Waals surface area contributed by atoms with E-state index in [1.807, 2.05) is 0 Å². The van der Waals surface area contributed by atoms with E-state index in [0.29, 0.717) is 0 Å². The van der Waals surface area contributed by atoms with Crippen LogP contribution in [0.5, 0.6) is 0 Å². The Morgan fingerprint density at radius 3 is 0.583 bits per heavy atom. The van der Waals surface area contributed by atoms with Crippen LogP contribution in [0.15, 0.2) is 48.5 Å². The number of para-hydroxylation sites is 2. The standard InChI is InChI=1S/C62H90N2O42.2Na/c65-11-23-47-32(74)40(82)58(94-23)103-49-25(13-67)96-60(42(84)34(49)76)105-51-27(15-69)98-62(44(86)36(51)78)106-52-28(16-70)97-61(43(85)35(52)77)104-50-26(14-68)95-59(41(83)33(50)75)102-48-24(12-66)93-57(39(81)31(48)73)100-46-22(10-64-20-8-4-2-6-18(20)54(89)90)91-55(37(79)29(46)71)99-45-21(92-56(101-47)38(80)30(45)72)9-63-19-7-3-1-5-17(19)53(87)88;;/h1-8,21-52,55-86H,9-16H2,(H,87,88)(H,89,90);;/q;2*+1/p-2/t21-,22+,23-,24+,25-,26-,27-,28-,29-,30-,31-,32+,33-,34+,35-,36-,37-,38-,39-,40-,41-,42+,43-,44-,45-,46-,47-,48-,49-,50-,51-,52-,55-,56-,57-,58-,59-,60-,61-,62-;;/m1../s1. The molecule has 108 heavy (non-hydrogen) atoms. The van der Waals surface area contributed by atoms with Gasteiger partial charge in [-0.2, -0.15) is 0 Å². The van der Waals surface area contributed by atoms with Crippen LogP contribution in [-0.2, 0) is 75.8 Å². The quantitative estimate of drug-likeness (QED) is 0.0781. The zero-order chi connectivity index (χ0) is 76.6. The number of aromatic carboxylic acids is 2. The zero-order valence-corrected chi connectivity index (χ0v) is 61.4. The van der Waals surface area contributed by atoms with Gasteiger partial charge in [-0.05, 0) is 12.1 Å². The van der Waals surface area contributed by atoms with E-state index < -0.39 is 321 Å². The number of carbonyl (C=O) groups excluding carboxylic acids is 2. The van der Waals surface area contributed by atoms with E-state index >= 15 is 0 Å². The largest absolute Gasteiger partial charge is 1.00 e. The summed E-state index contributed by atoms with van der Waals surface area (Å²) in [6, 6.07) is 10.4. The molecule has 30 aliphatic rings. The van der Waals surface area contributed by atoms with Crippen molar-refractivity contribution < 1.29 is 267 Å². The topological polar surface area (TPSA) is 697 Å². The molecule has 0 saturated carbocycles. The van der Waals surface area contributed by atoms with E-state index in [9.17, 15) is 132 Å². The van der Waals surface area contributed by atoms with Crippen molar-refractivity contribution in [2.75, 3.05) is 63.4 Å². The summed E-state index contributed by atoms with van der Waals surface area (Å²) in [4.78, 5) is 24.5. The molecule has 2 aromatic rings. The van der Waals surface area contributed by atoms with Crippen LogP contribution in [0.3, 0.4) is 0 Å². The molecule has 0 radical (unpaired) electrons. The van der Waals surface area contributed by atoms with Gasteiger partial charge >= 0.3 is 59.1 Å². The fourth-order valence-electron chi connectivity index (χ4n) is 14.0. The molecule has 600 valence electrons. The Kier molecular flexibility index (Phi) is 32.2. The van der Waals surface area contributed by atoms with Gasteiger partial charge in [-0.25, -0.2) is 0 Å². The number of anilines is 2. The average Bonchev–Trinajstić information content (AvgIpc) is 0.772. The Labute approximate surface area is 655 Å². The number of benzene rings is 2. The summed E-state index contributed by atoms with van der Waals surface area (Å²) in [6.07, 6.45) is -84.7. The Morgan fingerprint density at radius 1 is 0.259 bits per heavy atom. The Morgan fingerprint density at radius 2 is 0.417 bits per heavy atom. The molecule has 16 bridgehead atoms.